The minimum Gasteiger partial charge on any atom is -0.382 e. The van der Waals surface area contributed by atoms with E-state index in [-0.39, 0.29) is 0 Å². The molecule has 6 aromatic rings. The quantitative estimate of drug-likeness (QED) is 0.0556. The largest absolute Gasteiger partial charge is 0.382 e. The highest BCUT2D eigenvalue weighted by Crippen LogP contribution is 2.56. The molecule has 0 radical (unpaired) electrons. The SMILES string of the molecule is COCCOCCOCCC1(CCOCCOCCOC)c2cc(N(c3ccc(Br)cc3)c3ccc(Br)cc3)ccc2-c2ccc(N(c3ccc(Br)cc3)c3ccc(Br)cc3)cc21. The van der Waals surface area contributed by atoms with Gasteiger partial charge in [-0.3, -0.25) is 0 Å². The molecule has 0 bridgehead atoms. The average Bonchev–Trinajstić information content (AvgIpc) is 3.56. The number of benzene rings is 6. The Balaban J connectivity index is 1.35. The van der Waals surface area contributed by atoms with Crippen LogP contribution in [0.3, 0.4) is 0 Å². The van der Waals surface area contributed by atoms with Crippen molar-refractivity contribution in [1.82, 2.24) is 0 Å². The molecular formula is C51H52Br4N2O6. The molecule has 6 aromatic carbocycles. The summed E-state index contributed by atoms with van der Waals surface area (Å²) in [6.45, 7) is 5.16. The predicted octanol–water partition coefficient (Wildman–Crippen LogP) is 14.1. The van der Waals surface area contributed by atoms with Crippen LogP contribution in [0.25, 0.3) is 11.1 Å². The van der Waals surface area contributed by atoms with E-state index >= 15 is 0 Å². The summed E-state index contributed by atoms with van der Waals surface area (Å²) in [5.74, 6) is 0. The number of hydrogen-bond donors (Lipinski definition) is 0. The van der Waals surface area contributed by atoms with Gasteiger partial charge < -0.3 is 38.2 Å². The molecule has 0 aliphatic heterocycles. The molecule has 0 spiro atoms. The normalized spacial score (nSPS) is 12.6. The molecule has 0 saturated heterocycles. The van der Waals surface area contributed by atoms with Gasteiger partial charge in [0.1, 0.15) is 0 Å². The third-order valence-electron chi connectivity index (χ3n) is 11.1. The smallest absolute Gasteiger partial charge is 0.0701 e. The lowest BCUT2D eigenvalue weighted by molar-refractivity contribution is 0.0145. The lowest BCUT2D eigenvalue weighted by Gasteiger charge is -2.34. The zero-order valence-corrected chi connectivity index (χ0v) is 41.9. The maximum absolute atomic E-state index is 6.41. The van der Waals surface area contributed by atoms with Crippen molar-refractivity contribution in [2.75, 3.05) is 90.1 Å². The van der Waals surface area contributed by atoms with E-state index < -0.39 is 5.41 Å². The van der Waals surface area contributed by atoms with E-state index in [2.05, 4.69) is 207 Å². The summed E-state index contributed by atoms with van der Waals surface area (Å²) in [7, 11) is 3.36. The summed E-state index contributed by atoms with van der Waals surface area (Å²) < 4.78 is 38.8. The summed E-state index contributed by atoms with van der Waals surface area (Å²) in [4.78, 5) is 4.64. The van der Waals surface area contributed by atoms with E-state index in [1.165, 1.54) is 22.3 Å². The molecule has 0 fully saturated rings. The Kier molecular flexibility index (Phi) is 17.9. The van der Waals surface area contributed by atoms with Crippen LogP contribution in [-0.2, 0) is 33.8 Å². The van der Waals surface area contributed by atoms with Gasteiger partial charge in [0.2, 0.25) is 0 Å². The molecule has 330 valence electrons. The van der Waals surface area contributed by atoms with E-state index in [4.69, 9.17) is 28.4 Å². The summed E-state index contributed by atoms with van der Waals surface area (Å²) in [5.41, 5.74) is 10.7. The van der Waals surface area contributed by atoms with Gasteiger partial charge in [-0.25, -0.2) is 0 Å². The molecule has 12 heteroatoms. The van der Waals surface area contributed by atoms with Gasteiger partial charge in [0.05, 0.1) is 52.9 Å². The standard InChI is InChI=1S/C51H52Br4N2O6/c1-58-27-29-62-33-31-60-25-23-51(24-26-61-32-34-63-30-28-59-2)49-35-45(56(41-11-3-37(52)4-12-41)42-13-5-38(53)6-14-42)19-21-47(49)48-22-20-46(36-50(48)51)57(43-15-7-39(54)8-16-43)44-17-9-40(55)10-18-44/h3-22,35-36H,23-34H2,1-2H3. The molecule has 0 unspecified atom stereocenters. The molecule has 0 heterocycles. The van der Waals surface area contributed by atoms with Gasteiger partial charge in [-0.15, -0.1) is 0 Å². The third-order valence-corrected chi connectivity index (χ3v) is 13.3. The molecule has 7 rings (SSSR count). The van der Waals surface area contributed by atoms with Crippen molar-refractivity contribution in [2.24, 2.45) is 0 Å². The Morgan fingerprint density at radius 2 is 0.619 bits per heavy atom. The summed E-state index contributed by atoms with van der Waals surface area (Å²) in [6, 6.07) is 47.8. The first-order valence-electron chi connectivity index (χ1n) is 21.0. The Morgan fingerprint density at radius 3 is 0.921 bits per heavy atom. The van der Waals surface area contributed by atoms with Crippen LogP contribution < -0.4 is 9.80 Å². The predicted molar refractivity (Wildman–Crippen MR) is 269 cm³/mol. The van der Waals surface area contributed by atoms with Crippen molar-refractivity contribution in [2.45, 2.75) is 18.3 Å². The molecule has 0 N–H and O–H groups in total. The highest BCUT2D eigenvalue weighted by atomic mass is 79.9. The summed E-state index contributed by atoms with van der Waals surface area (Å²) in [6.07, 6.45) is 1.44. The fourth-order valence-corrected chi connectivity index (χ4v) is 9.15. The monoisotopic (exact) mass is 1100 g/mol. The average molecular weight is 1110 g/mol. The number of nitrogens with zero attached hydrogens (tertiary/aromatic N) is 2. The van der Waals surface area contributed by atoms with Crippen LogP contribution in [0, 0.1) is 0 Å². The molecule has 0 saturated carbocycles. The molecule has 0 amide bonds. The second-order valence-electron chi connectivity index (χ2n) is 15.1. The Hall–Kier alpha value is -3.40. The van der Waals surface area contributed by atoms with E-state index in [0.29, 0.717) is 66.1 Å². The maximum atomic E-state index is 6.41. The Labute approximate surface area is 405 Å². The Morgan fingerprint density at radius 1 is 0.349 bits per heavy atom. The van der Waals surface area contributed by atoms with Gasteiger partial charge in [0, 0.05) is 84.9 Å². The zero-order valence-electron chi connectivity index (χ0n) is 35.5. The first-order chi connectivity index (χ1) is 30.8. The van der Waals surface area contributed by atoms with Gasteiger partial charge in [-0.05, 0) is 156 Å². The summed E-state index contributed by atoms with van der Waals surface area (Å²) >= 11 is 14.6. The lowest BCUT2D eigenvalue weighted by Crippen LogP contribution is -2.30. The van der Waals surface area contributed by atoms with Crippen molar-refractivity contribution in [3.8, 4) is 11.1 Å². The first-order valence-corrected chi connectivity index (χ1v) is 24.2. The van der Waals surface area contributed by atoms with Crippen LogP contribution in [0.1, 0.15) is 24.0 Å². The number of rotatable bonds is 24. The highest BCUT2D eigenvalue weighted by Gasteiger charge is 2.44. The van der Waals surface area contributed by atoms with Gasteiger partial charge in [0.25, 0.3) is 0 Å². The van der Waals surface area contributed by atoms with E-state index in [1.54, 1.807) is 14.2 Å². The number of anilines is 6. The zero-order chi connectivity index (χ0) is 44.0. The molecule has 8 nitrogen and oxygen atoms in total. The van der Waals surface area contributed by atoms with Crippen LogP contribution in [0.2, 0.25) is 0 Å². The number of ether oxygens (including phenoxy) is 6. The molecule has 1 aliphatic carbocycles. The van der Waals surface area contributed by atoms with Crippen molar-refractivity contribution in [1.29, 1.82) is 0 Å². The lowest BCUT2D eigenvalue weighted by atomic mass is 9.73. The van der Waals surface area contributed by atoms with Crippen LogP contribution in [-0.4, -0.2) is 80.3 Å². The minimum absolute atomic E-state index is 0.483. The molecule has 0 atom stereocenters. The van der Waals surface area contributed by atoms with Gasteiger partial charge in [-0.1, -0.05) is 75.9 Å². The Bertz CT molecular complexity index is 2090. The third kappa shape index (κ3) is 12.1. The van der Waals surface area contributed by atoms with Gasteiger partial charge in [-0.2, -0.15) is 0 Å². The van der Waals surface area contributed by atoms with Gasteiger partial charge in [0.15, 0.2) is 0 Å². The van der Waals surface area contributed by atoms with Crippen LogP contribution in [0.15, 0.2) is 151 Å². The second-order valence-corrected chi connectivity index (χ2v) is 18.7. The maximum Gasteiger partial charge on any atom is 0.0701 e. The fraction of sp³-hybridized carbons (Fsp3) is 0.294. The first kappa shape index (κ1) is 47.6. The fourth-order valence-electron chi connectivity index (χ4n) is 8.09. The van der Waals surface area contributed by atoms with Crippen LogP contribution in [0.4, 0.5) is 34.1 Å². The second kappa shape index (κ2) is 23.7. The van der Waals surface area contributed by atoms with Crippen LogP contribution >= 0.6 is 63.7 Å². The molecular weight excluding hydrogens is 1060 g/mol. The molecule has 63 heavy (non-hydrogen) atoms. The van der Waals surface area contributed by atoms with E-state index in [9.17, 15) is 0 Å². The van der Waals surface area contributed by atoms with Crippen molar-refractivity contribution < 1.29 is 28.4 Å². The van der Waals surface area contributed by atoms with Crippen molar-refractivity contribution in [3.63, 3.8) is 0 Å². The van der Waals surface area contributed by atoms with Crippen molar-refractivity contribution in [3.05, 3.63) is 162 Å². The highest BCUT2D eigenvalue weighted by molar-refractivity contribution is 9.11. The number of halogens is 4. The van der Waals surface area contributed by atoms with Crippen molar-refractivity contribution >= 4 is 97.8 Å². The summed E-state index contributed by atoms with van der Waals surface area (Å²) in [5, 5.41) is 0. The van der Waals surface area contributed by atoms with Crippen LogP contribution in [0.5, 0.6) is 0 Å². The van der Waals surface area contributed by atoms with E-state index in [0.717, 1.165) is 64.9 Å². The minimum atomic E-state index is -0.485. The number of hydrogen-bond acceptors (Lipinski definition) is 8. The number of methoxy groups -OCH3 is 2. The molecule has 1 aliphatic rings. The molecule has 0 aromatic heterocycles. The topological polar surface area (TPSA) is 61.9 Å². The van der Waals surface area contributed by atoms with E-state index in [1.807, 2.05) is 0 Å². The van der Waals surface area contributed by atoms with Gasteiger partial charge >= 0.3 is 0 Å². The number of fused-ring (bicyclic) bond motifs is 3.